The van der Waals surface area contributed by atoms with Crippen LogP contribution in [0.3, 0.4) is 0 Å². The Labute approximate surface area is 111 Å². The van der Waals surface area contributed by atoms with E-state index in [2.05, 4.69) is 10.3 Å². The molecule has 2 aromatic rings. The van der Waals surface area contributed by atoms with Crippen LogP contribution in [0.2, 0.25) is 0 Å². The van der Waals surface area contributed by atoms with Gasteiger partial charge in [0.2, 0.25) is 0 Å². The highest BCUT2D eigenvalue weighted by molar-refractivity contribution is 7.19. The Hall–Kier alpha value is -1.51. The van der Waals surface area contributed by atoms with Gasteiger partial charge >= 0.3 is 5.00 Å². The molecule has 0 fully saturated rings. The minimum atomic E-state index is -0.382. The molecule has 0 saturated carbocycles. The van der Waals surface area contributed by atoms with Crippen molar-refractivity contribution in [3.8, 4) is 10.4 Å². The lowest BCUT2D eigenvalue weighted by Gasteiger charge is -1.99. The zero-order valence-electron chi connectivity index (χ0n) is 9.58. The van der Waals surface area contributed by atoms with Crippen molar-refractivity contribution in [2.75, 3.05) is 25.6 Å². The monoisotopic (exact) mass is 285 g/mol. The molecule has 0 aliphatic heterocycles. The molecule has 0 spiro atoms. The molecule has 2 rings (SSSR count). The van der Waals surface area contributed by atoms with E-state index in [0.717, 1.165) is 26.9 Å². The molecule has 0 saturated heterocycles. The third-order valence-electron chi connectivity index (χ3n) is 2.14. The second-order valence-corrected chi connectivity index (χ2v) is 5.30. The van der Waals surface area contributed by atoms with E-state index in [-0.39, 0.29) is 9.92 Å². The molecule has 0 radical (unpaired) electrons. The fourth-order valence-electron chi connectivity index (χ4n) is 1.30. The van der Waals surface area contributed by atoms with Gasteiger partial charge in [-0.3, -0.25) is 10.1 Å². The van der Waals surface area contributed by atoms with Crippen molar-refractivity contribution in [1.82, 2.24) is 4.98 Å². The van der Waals surface area contributed by atoms with E-state index in [4.69, 9.17) is 4.74 Å². The smallest absolute Gasteiger partial charge is 0.324 e. The lowest BCUT2D eigenvalue weighted by Crippen LogP contribution is -2.06. The lowest BCUT2D eigenvalue weighted by molar-refractivity contribution is -0.380. The first-order valence-electron chi connectivity index (χ1n) is 5.12. The maximum atomic E-state index is 10.6. The van der Waals surface area contributed by atoms with Crippen LogP contribution in [0.15, 0.2) is 17.6 Å². The molecule has 0 atom stereocenters. The number of rotatable bonds is 6. The topological polar surface area (TPSA) is 77.3 Å². The van der Waals surface area contributed by atoms with Crippen LogP contribution in [0.5, 0.6) is 0 Å². The fraction of sp³-hybridized carbons (Fsp3) is 0.300. The predicted octanol–water partition coefficient (Wildman–Crippen LogP) is 2.84. The molecule has 2 heterocycles. The van der Waals surface area contributed by atoms with Gasteiger partial charge in [0.25, 0.3) is 0 Å². The number of aromatic nitrogens is 1. The van der Waals surface area contributed by atoms with Crippen molar-refractivity contribution in [2.45, 2.75) is 0 Å². The summed E-state index contributed by atoms with van der Waals surface area (Å²) in [5, 5.41) is 16.4. The number of nitrogens with zero attached hydrogens (tertiary/aromatic N) is 2. The van der Waals surface area contributed by atoms with Gasteiger partial charge in [-0.05, 0) is 0 Å². The van der Waals surface area contributed by atoms with E-state index in [1.54, 1.807) is 24.8 Å². The van der Waals surface area contributed by atoms with Crippen LogP contribution in [-0.4, -0.2) is 30.2 Å². The van der Waals surface area contributed by atoms with Crippen LogP contribution in [-0.2, 0) is 4.74 Å². The summed E-state index contributed by atoms with van der Waals surface area (Å²) in [7, 11) is 1.64. The second kappa shape index (κ2) is 5.89. The average molecular weight is 285 g/mol. The summed E-state index contributed by atoms with van der Waals surface area (Å²) in [6.07, 6.45) is 1.71. The molecular formula is C10H11N3O3S2. The number of anilines is 1. The van der Waals surface area contributed by atoms with Gasteiger partial charge in [0.15, 0.2) is 5.13 Å². The van der Waals surface area contributed by atoms with E-state index in [1.165, 1.54) is 11.3 Å². The van der Waals surface area contributed by atoms with Crippen LogP contribution < -0.4 is 5.32 Å². The van der Waals surface area contributed by atoms with Gasteiger partial charge in [-0.25, -0.2) is 4.98 Å². The minimum absolute atomic E-state index is 0.146. The fourth-order valence-corrected chi connectivity index (χ4v) is 2.93. The summed E-state index contributed by atoms with van der Waals surface area (Å²) in [5.41, 5.74) is 0.837. The van der Waals surface area contributed by atoms with Crippen molar-refractivity contribution in [1.29, 1.82) is 0 Å². The Balaban J connectivity index is 2.06. The zero-order chi connectivity index (χ0) is 13.0. The van der Waals surface area contributed by atoms with Crippen molar-refractivity contribution < 1.29 is 9.66 Å². The second-order valence-electron chi connectivity index (χ2n) is 3.38. The Morgan fingerprint density at radius 3 is 3.11 bits per heavy atom. The van der Waals surface area contributed by atoms with Gasteiger partial charge in [-0.1, -0.05) is 22.7 Å². The molecule has 2 aromatic heterocycles. The highest BCUT2D eigenvalue weighted by atomic mass is 32.1. The Bertz CT molecular complexity index is 538. The molecule has 0 aliphatic rings. The highest BCUT2D eigenvalue weighted by Crippen LogP contribution is 2.34. The maximum absolute atomic E-state index is 10.6. The SMILES string of the molecule is COCCNc1ncc(-c2csc([N+](=O)[O-])c2)s1. The summed E-state index contributed by atoms with van der Waals surface area (Å²) in [6.45, 7) is 1.30. The van der Waals surface area contributed by atoms with E-state index >= 15 is 0 Å². The number of nitro groups is 1. The van der Waals surface area contributed by atoms with Gasteiger partial charge < -0.3 is 10.1 Å². The Morgan fingerprint density at radius 1 is 1.61 bits per heavy atom. The van der Waals surface area contributed by atoms with Crippen molar-refractivity contribution in [2.24, 2.45) is 0 Å². The van der Waals surface area contributed by atoms with Crippen LogP contribution in [0.4, 0.5) is 10.1 Å². The number of thiazole rings is 1. The van der Waals surface area contributed by atoms with Gasteiger partial charge in [-0.2, -0.15) is 0 Å². The van der Waals surface area contributed by atoms with Gasteiger partial charge in [0.05, 0.1) is 16.4 Å². The quantitative estimate of drug-likeness (QED) is 0.501. The van der Waals surface area contributed by atoms with Crippen molar-refractivity contribution >= 4 is 32.8 Å². The van der Waals surface area contributed by atoms with E-state index in [0.29, 0.717) is 13.2 Å². The van der Waals surface area contributed by atoms with Crippen molar-refractivity contribution in [3.63, 3.8) is 0 Å². The Kier molecular flexibility index (Phi) is 4.24. The Morgan fingerprint density at radius 2 is 2.44 bits per heavy atom. The summed E-state index contributed by atoms with van der Waals surface area (Å²) in [4.78, 5) is 15.3. The highest BCUT2D eigenvalue weighted by Gasteiger charge is 2.12. The van der Waals surface area contributed by atoms with E-state index in [1.807, 2.05) is 0 Å². The molecular weight excluding hydrogens is 274 g/mol. The van der Waals surface area contributed by atoms with Crippen LogP contribution >= 0.6 is 22.7 Å². The number of hydrogen-bond acceptors (Lipinski definition) is 7. The van der Waals surface area contributed by atoms with E-state index < -0.39 is 0 Å². The summed E-state index contributed by atoms with van der Waals surface area (Å²) < 4.78 is 4.93. The van der Waals surface area contributed by atoms with Gasteiger partial charge in [0, 0.05) is 36.9 Å². The minimum Gasteiger partial charge on any atom is -0.383 e. The third-order valence-corrected chi connectivity index (χ3v) is 4.02. The third kappa shape index (κ3) is 3.03. The number of thiophene rings is 1. The first-order chi connectivity index (χ1) is 8.70. The molecule has 6 nitrogen and oxygen atoms in total. The van der Waals surface area contributed by atoms with Crippen LogP contribution in [0.1, 0.15) is 0 Å². The van der Waals surface area contributed by atoms with E-state index in [9.17, 15) is 10.1 Å². The van der Waals surface area contributed by atoms with Crippen LogP contribution in [0, 0.1) is 10.1 Å². The molecule has 96 valence electrons. The number of ether oxygens (including phenoxy) is 1. The molecule has 0 bridgehead atoms. The molecule has 1 N–H and O–H groups in total. The molecule has 8 heteroatoms. The standard InChI is InChI=1S/C10H11N3O3S2/c1-16-3-2-11-10-12-5-8(18-10)7-4-9(13(14)15)17-6-7/h4-6H,2-3H2,1H3,(H,11,12). The van der Waals surface area contributed by atoms with Crippen LogP contribution in [0.25, 0.3) is 10.4 Å². The first kappa shape index (κ1) is 12.9. The lowest BCUT2D eigenvalue weighted by atomic mass is 10.3. The molecule has 0 aliphatic carbocycles. The zero-order valence-corrected chi connectivity index (χ0v) is 11.2. The largest absolute Gasteiger partial charge is 0.383 e. The number of hydrogen-bond donors (Lipinski definition) is 1. The van der Waals surface area contributed by atoms with Gasteiger partial charge in [-0.15, -0.1) is 0 Å². The molecule has 0 amide bonds. The molecule has 0 aromatic carbocycles. The molecule has 18 heavy (non-hydrogen) atoms. The average Bonchev–Trinajstić information content (AvgIpc) is 2.97. The summed E-state index contributed by atoms with van der Waals surface area (Å²) in [6, 6.07) is 1.57. The number of methoxy groups -OCH3 is 1. The normalized spacial score (nSPS) is 10.5. The maximum Gasteiger partial charge on any atom is 0.324 e. The van der Waals surface area contributed by atoms with Gasteiger partial charge in [0.1, 0.15) is 0 Å². The number of nitrogens with one attached hydrogen (secondary N) is 1. The first-order valence-corrected chi connectivity index (χ1v) is 6.82. The summed E-state index contributed by atoms with van der Waals surface area (Å²) in [5.74, 6) is 0. The molecule has 0 unspecified atom stereocenters. The predicted molar refractivity (Wildman–Crippen MR) is 72.4 cm³/mol. The van der Waals surface area contributed by atoms with Crippen molar-refractivity contribution in [3.05, 3.63) is 27.8 Å². The summed E-state index contributed by atoms with van der Waals surface area (Å²) >= 11 is 2.59.